The zero-order valence-corrected chi connectivity index (χ0v) is 16.4. The van der Waals surface area contributed by atoms with Gasteiger partial charge in [0.25, 0.3) is 11.6 Å². The van der Waals surface area contributed by atoms with E-state index in [1.165, 1.54) is 36.4 Å². The van der Waals surface area contributed by atoms with E-state index in [9.17, 15) is 24.1 Å². The van der Waals surface area contributed by atoms with Gasteiger partial charge in [-0.15, -0.1) is 0 Å². The van der Waals surface area contributed by atoms with Crippen LogP contribution < -0.4 is 10.1 Å². The second-order valence-corrected chi connectivity index (χ2v) is 6.73. The van der Waals surface area contributed by atoms with Crippen LogP contribution in [0.15, 0.2) is 77.2 Å². The first kappa shape index (κ1) is 20.7. The fraction of sp³-hybridized carbons (Fsp3) is 0.0435. The maximum atomic E-state index is 13.2. The summed E-state index contributed by atoms with van der Waals surface area (Å²) in [5, 5.41) is 13.9. The molecule has 4 aromatic rings. The number of carbonyl (C=O) groups excluding carboxylic acids is 2. The number of rotatable bonds is 7. The Hall–Kier alpha value is -4.53. The molecule has 4 rings (SSSR count). The predicted octanol–water partition coefficient (Wildman–Crippen LogP) is 4.73. The molecular weight excluding hydrogens is 419 g/mol. The van der Waals surface area contributed by atoms with Crippen molar-refractivity contribution < 1.29 is 28.1 Å². The van der Waals surface area contributed by atoms with E-state index in [2.05, 4.69) is 5.32 Å². The highest BCUT2D eigenvalue weighted by molar-refractivity contribution is 6.17. The van der Waals surface area contributed by atoms with Crippen LogP contribution in [0.25, 0.3) is 11.0 Å². The number of hydrogen-bond donors (Lipinski definition) is 1. The number of fused-ring (bicyclic) bond motifs is 1. The van der Waals surface area contributed by atoms with Gasteiger partial charge in [0.1, 0.15) is 17.1 Å². The minimum atomic E-state index is -0.567. The first-order chi connectivity index (χ1) is 15.4. The van der Waals surface area contributed by atoms with E-state index >= 15 is 0 Å². The van der Waals surface area contributed by atoms with Crippen molar-refractivity contribution >= 4 is 34.0 Å². The molecule has 160 valence electrons. The van der Waals surface area contributed by atoms with Crippen LogP contribution in [0.1, 0.15) is 16.1 Å². The van der Waals surface area contributed by atoms with Gasteiger partial charge in [-0.1, -0.05) is 12.1 Å². The van der Waals surface area contributed by atoms with Gasteiger partial charge in [-0.05, 0) is 48.5 Å². The lowest BCUT2D eigenvalue weighted by Crippen LogP contribution is -2.21. The molecule has 0 saturated carbocycles. The summed E-state index contributed by atoms with van der Waals surface area (Å²) in [5.41, 5.74) is 0.662. The van der Waals surface area contributed by atoms with Gasteiger partial charge in [-0.2, -0.15) is 0 Å². The van der Waals surface area contributed by atoms with Crippen LogP contribution in [0.5, 0.6) is 5.75 Å². The van der Waals surface area contributed by atoms with E-state index in [1.54, 1.807) is 24.3 Å². The van der Waals surface area contributed by atoms with Gasteiger partial charge < -0.3 is 14.5 Å². The summed E-state index contributed by atoms with van der Waals surface area (Å²) in [7, 11) is 0. The average molecular weight is 434 g/mol. The highest BCUT2D eigenvalue weighted by atomic mass is 19.1. The highest BCUT2D eigenvalue weighted by Crippen LogP contribution is 2.32. The van der Waals surface area contributed by atoms with Gasteiger partial charge >= 0.3 is 0 Å². The number of amides is 1. The monoisotopic (exact) mass is 434 g/mol. The number of nitrogens with one attached hydrogen (secondary N) is 1. The number of ketones is 1. The Bertz CT molecular complexity index is 1310. The molecule has 0 bridgehead atoms. The van der Waals surface area contributed by atoms with Crippen molar-refractivity contribution in [3.63, 3.8) is 0 Å². The summed E-state index contributed by atoms with van der Waals surface area (Å²) in [5.74, 6) is -1.40. The number of halogens is 1. The summed E-state index contributed by atoms with van der Waals surface area (Å²) in [6, 6.07) is 17.0. The first-order valence-electron chi connectivity index (χ1n) is 9.41. The molecule has 0 radical (unpaired) electrons. The van der Waals surface area contributed by atoms with Crippen molar-refractivity contribution in [2.75, 3.05) is 11.9 Å². The molecule has 0 atom stereocenters. The average Bonchev–Trinajstić information content (AvgIpc) is 3.16. The van der Waals surface area contributed by atoms with Gasteiger partial charge in [0.2, 0.25) is 5.78 Å². The molecule has 1 amide bonds. The molecule has 1 heterocycles. The second kappa shape index (κ2) is 8.68. The number of carbonyl (C=O) groups is 2. The number of hydrogen-bond acceptors (Lipinski definition) is 6. The van der Waals surface area contributed by atoms with Crippen molar-refractivity contribution in [1.29, 1.82) is 0 Å². The Morgan fingerprint density at radius 3 is 2.38 bits per heavy atom. The zero-order valence-electron chi connectivity index (χ0n) is 16.4. The Labute approximate surface area is 180 Å². The molecule has 0 aliphatic heterocycles. The van der Waals surface area contributed by atoms with E-state index in [-0.39, 0.29) is 28.4 Å². The molecule has 0 fully saturated rings. The van der Waals surface area contributed by atoms with Crippen molar-refractivity contribution in [3.8, 4) is 5.75 Å². The number of ether oxygens (including phenoxy) is 1. The molecule has 9 heteroatoms. The summed E-state index contributed by atoms with van der Waals surface area (Å²) in [4.78, 5) is 35.6. The van der Waals surface area contributed by atoms with Crippen molar-refractivity contribution in [1.82, 2.24) is 0 Å². The van der Waals surface area contributed by atoms with E-state index < -0.39 is 29.0 Å². The van der Waals surface area contributed by atoms with Crippen LogP contribution in [-0.4, -0.2) is 23.2 Å². The van der Waals surface area contributed by atoms with Crippen LogP contribution in [0.4, 0.5) is 15.8 Å². The third-order valence-corrected chi connectivity index (χ3v) is 4.59. The minimum Gasteiger partial charge on any atom is -0.484 e. The molecule has 3 aromatic carbocycles. The number of furan rings is 1. The molecular formula is C23H15FN2O6. The predicted molar refractivity (Wildman–Crippen MR) is 113 cm³/mol. The van der Waals surface area contributed by atoms with Gasteiger partial charge in [-0.3, -0.25) is 19.7 Å². The van der Waals surface area contributed by atoms with Crippen molar-refractivity contribution in [2.45, 2.75) is 0 Å². The molecule has 0 spiro atoms. The Balaban J connectivity index is 1.55. The van der Waals surface area contributed by atoms with Gasteiger partial charge in [-0.25, -0.2) is 4.39 Å². The number of benzene rings is 3. The van der Waals surface area contributed by atoms with Crippen molar-refractivity contribution in [2.24, 2.45) is 0 Å². The summed E-state index contributed by atoms with van der Waals surface area (Å²) < 4.78 is 24.3. The summed E-state index contributed by atoms with van der Waals surface area (Å²) in [6.07, 6.45) is 0. The standard InChI is InChI=1S/C23H15FN2O6/c24-15-7-5-14(6-8-15)22(28)23-21(18-3-1-2-4-19(18)32-23)25-20(27)13-31-17-11-9-16(10-12-17)26(29)30/h1-12H,13H2,(H,25,27). The number of nitro groups is 1. The SMILES string of the molecule is O=C(COc1ccc([N+](=O)[O-])cc1)Nc1c(C(=O)c2ccc(F)cc2)oc2ccccc12. The molecule has 0 aliphatic carbocycles. The maximum Gasteiger partial charge on any atom is 0.269 e. The van der Waals surface area contributed by atoms with Gasteiger partial charge in [0.05, 0.1) is 10.6 Å². The van der Waals surface area contributed by atoms with Crippen LogP contribution in [0.3, 0.4) is 0 Å². The molecule has 32 heavy (non-hydrogen) atoms. The second-order valence-electron chi connectivity index (χ2n) is 6.73. The largest absolute Gasteiger partial charge is 0.484 e. The van der Waals surface area contributed by atoms with E-state index in [0.717, 1.165) is 12.1 Å². The van der Waals surface area contributed by atoms with Crippen LogP contribution in [0, 0.1) is 15.9 Å². The fourth-order valence-electron chi connectivity index (χ4n) is 3.05. The lowest BCUT2D eigenvalue weighted by atomic mass is 10.1. The van der Waals surface area contributed by atoms with Crippen LogP contribution >= 0.6 is 0 Å². The topological polar surface area (TPSA) is 112 Å². The Morgan fingerprint density at radius 2 is 1.69 bits per heavy atom. The smallest absolute Gasteiger partial charge is 0.269 e. The number of para-hydroxylation sites is 1. The van der Waals surface area contributed by atoms with Crippen molar-refractivity contribution in [3.05, 3.63) is 100 Å². The van der Waals surface area contributed by atoms with E-state index in [4.69, 9.17) is 9.15 Å². The fourth-order valence-corrected chi connectivity index (χ4v) is 3.05. The summed E-state index contributed by atoms with van der Waals surface area (Å²) in [6.45, 7) is -0.401. The lowest BCUT2D eigenvalue weighted by Gasteiger charge is -2.08. The van der Waals surface area contributed by atoms with Crippen LogP contribution in [0.2, 0.25) is 0 Å². The number of non-ortho nitro benzene ring substituents is 1. The number of anilines is 1. The first-order valence-corrected chi connectivity index (χ1v) is 9.41. The Kier molecular flexibility index (Phi) is 5.63. The molecule has 1 N–H and O–H groups in total. The molecule has 1 aromatic heterocycles. The quantitative estimate of drug-likeness (QED) is 0.256. The minimum absolute atomic E-state index is 0.0958. The third kappa shape index (κ3) is 4.31. The summed E-state index contributed by atoms with van der Waals surface area (Å²) >= 11 is 0. The van der Waals surface area contributed by atoms with Gasteiger partial charge in [0, 0.05) is 23.1 Å². The zero-order chi connectivity index (χ0) is 22.7. The third-order valence-electron chi connectivity index (χ3n) is 4.59. The molecule has 0 unspecified atom stereocenters. The number of nitrogens with zero attached hydrogens (tertiary/aromatic N) is 1. The van der Waals surface area contributed by atoms with Crippen LogP contribution in [-0.2, 0) is 4.79 Å². The molecule has 8 nitrogen and oxygen atoms in total. The van der Waals surface area contributed by atoms with Gasteiger partial charge in [0.15, 0.2) is 12.4 Å². The van der Waals surface area contributed by atoms with E-state index in [1.807, 2.05) is 0 Å². The maximum absolute atomic E-state index is 13.2. The molecule has 0 saturated heterocycles. The lowest BCUT2D eigenvalue weighted by molar-refractivity contribution is -0.384. The normalized spacial score (nSPS) is 10.7. The van der Waals surface area contributed by atoms with E-state index in [0.29, 0.717) is 11.0 Å². The number of nitro benzene ring substituents is 1. The molecule has 0 aliphatic rings. The Morgan fingerprint density at radius 1 is 1.00 bits per heavy atom. The highest BCUT2D eigenvalue weighted by Gasteiger charge is 2.23.